The van der Waals surface area contributed by atoms with E-state index in [1.165, 1.54) is 34.3 Å². The number of benzene rings is 1. The molecule has 3 heterocycles. The van der Waals surface area contributed by atoms with Gasteiger partial charge in [-0.15, -0.1) is 0 Å². The number of aliphatic imine (C=N–C) groups is 1. The first-order valence-corrected chi connectivity index (χ1v) is 10.3. The summed E-state index contributed by atoms with van der Waals surface area (Å²) in [5.74, 6) is -1.06. The van der Waals surface area contributed by atoms with E-state index in [1.54, 1.807) is 11.8 Å². The molecule has 2 aromatic rings. The van der Waals surface area contributed by atoms with E-state index >= 15 is 0 Å². The van der Waals surface area contributed by atoms with Gasteiger partial charge in [-0.1, -0.05) is 0 Å². The van der Waals surface area contributed by atoms with Crippen molar-refractivity contribution in [3.63, 3.8) is 0 Å². The molecule has 11 heteroatoms. The standard InChI is InChI=1S/C22H23F3N6O2/c1-13(29(2)3)28-21-9-20(18(25)10-26-21)33-17-11-30(12-17)22(32)31-19(4-5-27-31)14-6-15(23)8-16(24)7-14/h5-10,17,19H,4,11-12H2,1-3H3/b28-13-/t19-/m0/s1. The molecule has 2 aliphatic heterocycles. The van der Waals surface area contributed by atoms with E-state index in [2.05, 4.69) is 15.1 Å². The fourth-order valence-electron chi connectivity index (χ4n) is 3.46. The van der Waals surface area contributed by atoms with Crippen molar-refractivity contribution in [2.75, 3.05) is 27.2 Å². The zero-order valence-corrected chi connectivity index (χ0v) is 18.4. The molecule has 0 saturated carbocycles. The Hall–Kier alpha value is -3.63. The molecule has 0 N–H and O–H groups in total. The number of carbonyl (C=O) groups excluding carboxylic acids is 1. The van der Waals surface area contributed by atoms with Gasteiger partial charge < -0.3 is 14.5 Å². The molecule has 2 amide bonds. The van der Waals surface area contributed by atoms with E-state index in [9.17, 15) is 18.0 Å². The number of hydrazone groups is 1. The van der Waals surface area contributed by atoms with Crippen LogP contribution in [0.25, 0.3) is 0 Å². The van der Waals surface area contributed by atoms with E-state index in [0.717, 1.165) is 12.3 Å². The van der Waals surface area contributed by atoms with Crippen LogP contribution in [0.15, 0.2) is 40.6 Å². The average molecular weight is 460 g/mol. The lowest BCUT2D eigenvalue weighted by atomic mass is 10.0. The minimum Gasteiger partial charge on any atom is -0.483 e. The fourth-order valence-corrected chi connectivity index (χ4v) is 3.46. The number of rotatable bonds is 4. The molecule has 1 aromatic carbocycles. The van der Waals surface area contributed by atoms with Gasteiger partial charge in [-0.05, 0) is 24.6 Å². The number of amides is 2. The van der Waals surface area contributed by atoms with Gasteiger partial charge in [-0.2, -0.15) is 5.10 Å². The normalized spacial score (nSPS) is 18.5. The summed E-state index contributed by atoms with van der Waals surface area (Å²) in [5, 5.41) is 5.28. The van der Waals surface area contributed by atoms with Gasteiger partial charge in [0.05, 0.1) is 25.3 Å². The Morgan fingerprint density at radius 2 is 1.85 bits per heavy atom. The van der Waals surface area contributed by atoms with Crippen LogP contribution < -0.4 is 4.74 Å². The molecule has 0 radical (unpaired) electrons. The Labute approximate surface area is 189 Å². The zero-order valence-electron chi connectivity index (χ0n) is 18.4. The summed E-state index contributed by atoms with van der Waals surface area (Å²) < 4.78 is 47.1. The van der Waals surface area contributed by atoms with Crippen LogP contribution >= 0.6 is 0 Å². The second-order valence-electron chi connectivity index (χ2n) is 8.05. The van der Waals surface area contributed by atoms with Gasteiger partial charge in [-0.3, -0.25) is 0 Å². The molecule has 2 aliphatic rings. The van der Waals surface area contributed by atoms with Crippen LogP contribution in [0.1, 0.15) is 24.9 Å². The van der Waals surface area contributed by atoms with Gasteiger partial charge in [0.2, 0.25) is 0 Å². The van der Waals surface area contributed by atoms with Crippen molar-refractivity contribution in [1.82, 2.24) is 19.8 Å². The molecule has 1 aromatic heterocycles. The molecule has 1 saturated heterocycles. The van der Waals surface area contributed by atoms with E-state index < -0.39 is 35.6 Å². The SMILES string of the molecule is C/C(=N/c1cc(OC2CN(C(=O)N3N=CC[C@H]3c3cc(F)cc(F)c3)C2)c(F)cn1)N(C)C. The van der Waals surface area contributed by atoms with Crippen LogP contribution in [0.5, 0.6) is 5.75 Å². The van der Waals surface area contributed by atoms with Crippen molar-refractivity contribution in [2.24, 2.45) is 10.1 Å². The minimum atomic E-state index is -0.717. The van der Waals surface area contributed by atoms with Gasteiger partial charge in [0, 0.05) is 38.9 Å². The highest BCUT2D eigenvalue weighted by molar-refractivity contribution is 5.81. The topological polar surface area (TPSA) is 73.6 Å². The van der Waals surface area contributed by atoms with Gasteiger partial charge in [0.1, 0.15) is 23.6 Å². The minimum absolute atomic E-state index is 0.000268. The van der Waals surface area contributed by atoms with Crippen molar-refractivity contribution >= 4 is 23.9 Å². The first kappa shape index (κ1) is 22.6. The quantitative estimate of drug-likeness (QED) is 0.515. The summed E-state index contributed by atoms with van der Waals surface area (Å²) in [7, 11) is 3.67. The average Bonchev–Trinajstić information content (AvgIpc) is 3.21. The van der Waals surface area contributed by atoms with Crippen LogP contribution in [-0.2, 0) is 0 Å². The van der Waals surface area contributed by atoms with Crippen molar-refractivity contribution in [2.45, 2.75) is 25.5 Å². The Bertz CT molecular complexity index is 1100. The third-order valence-electron chi connectivity index (χ3n) is 5.44. The van der Waals surface area contributed by atoms with Crippen molar-refractivity contribution < 1.29 is 22.7 Å². The maximum absolute atomic E-state index is 14.2. The lowest BCUT2D eigenvalue weighted by molar-refractivity contribution is 0.0256. The summed E-state index contributed by atoms with van der Waals surface area (Å²) in [6.07, 6.45) is 2.50. The van der Waals surface area contributed by atoms with Crippen LogP contribution in [0.3, 0.4) is 0 Å². The maximum Gasteiger partial charge on any atom is 0.341 e. The second kappa shape index (κ2) is 9.08. The fraction of sp³-hybridized carbons (Fsp3) is 0.364. The summed E-state index contributed by atoms with van der Waals surface area (Å²) in [5.41, 5.74) is 0.326. The second-order valence-corrected chi connectivity index (χ2v) is 8.05. The highest BCUT2D eigenvalue weighted by Crippen LogP contribution is 2.32. The Morgan fingerprint density at radius 1 is 1.15 bits per heavy atom. The van der Waals surface area contributed by atoms with E-state index in [1.807, 2.05) is 14.1 Å². The maximum atomic E-state index is 14.2. The number of amidine groups is 1. The van der Waals surface area contributed by atoms with Crippen LogP contribution in [0, 0.1) is 17.5 Å². The third kappa shape index (κ3) is 4.91. The Kier molecular flexibility index (Phi) is 6.21. The number of ether oxygens (including phenoxy) is 1. The monoisotopic (exact) mass is 460 g/mol. The molecule has 33 heavy (non-hydrogen) atoms. The number of aromatic nitrogens is 1. The van der Waals surface area contributed by atoms with E-state index in [4.69, 9.17) is 4.74 Å². The molecule has 0 spiro atoms. The van der Waals surface area contributed by atoms with Crippen LogP contribution in [0.2, 0.25) is 0 Å². The number of hydrogen-bond acceptors (Lipinski definition) is 5. The highest BCUT2D eigenvalue weighted by atomic mass is 19.1. The molecule has 0 bridgehead atoms. The lowest BCUT2D eigenvalue weighted by Gasteiger charge is -2.41. The Balaban J connectivity index is 1.39. The molecule has 174 valence electrons. The van der Waals surface area contributed by atoms with Crippen LogP contribution in [0.4, 0.5) is 23.8 Å². The summed E-state index contributed by atoms with van der Waals surface area (Å²) in [6, 6.07) is 3.55. The molecule has 1 atom stereocenters. The number of likely N-dealkylation sites (tertiary alicyclic amines) is 1. The van der Waals surface area contributed by atoms with Gasteiger partial charge in [0.25, 0.3) is 0 Å². The number of urea groups is 1. The third-order valence-corrected chi connectivity index (χ3v) is 5.44. The lowest BCUT2D eigenvalue weighted by Crippen LogP contribution is -2.58. The first-order valence-electron chi connectivity index (χ1n) is 10.3. The summed E-state index contributed by atoms with van der Waals surface area (Å²) in [4.78, 5) is 24.4. The van der Waals surface area contributed by atoms with Crippen LogP contribution in [-0.4, -0.2) is 71.2 Å². The van der Waals surface area contributed by atoms with Crippen molar-refractivity contribution in [3.8, 4) is 5.75 Å². The molecule has 1 fully saturated rings. The Morgan fingerprint density at radius 3 is 2.52 bits per heavy atom. The molecule has 0 aliphatic carbocycles. The molecular formula is C22H23F3N6O2. The van der Waals surface area contributed by atoms with E-state index in [0.29, 0.717) is 23.6 Å². The number of nitrogens with zero attached hydrogens (tertiary/aromatic N) is 6. The van der Waals surface area contributed by atoms with Crippen molar-refractivity contribution in [1.29, 1.82) is 0 Å². The molecule has 0 unspecified atom stereocenters. The zero-order chi connectivity index (χ0) is 23.7. The molecule has 4 rings (SSSR count). The largest absolute Gasteiger partial charge is 0.483 e. The van der Waals surface area contributed by atoms with E-state index in [-0.39, 0.29) is 18.8 Å². The predicted octanol–water partition coefficient (Wildman–Crippen LogP) is 3.73. The number of hydrogen-bond donors (Lipinski definition) is 0. The summed E-state index contributed by atoms with van der Waals surface area (Å²) >= 11 is 0. The first-order chi connectivity index (χ1) is 15.7. The van der Waals surface area contributed by atoms with Gasteiger partial charge in [0.15, 0.2) is 17.4 Å². The smallest absolute Gasteiger partial charge is 0.341 e. The highest BCUT2D eigenvalue weighted by Gasteiger charge is 2.39. The van der Waals surface area contributed by atoms with Gasteiger partial charge in [-0.25, -0.2) is 33.0 Å². The van der Waals surface area contributed by atoms with Crippen molar-refractivity contribution in [3.05, 3.63) is 53.5 Å². The molecular weight excluding hydrogens is 437 g/mol. The summed E-state index contributed by atoms with van der Waals surface area (Å²) in [6.45, 7) is 2.23. The predicted molar refractivity (Wildman–Crippen MR) is 116 cm³/mol. The van der Waals surface area contributed by atoms with Gasteiger partial charge >= 0.3 is 6.03 Å². The number of pyridine rings is 1. The molecule has 8 nitrogen and oxygen atoms in total. The number of halogens is 3. The number of carbonyl (C=O) groups is 1.